The molecule has 4 heterocycles. The molecular weight excluding hydrogens is 404 g/mol. The van der Waals surface area contributed by atoms with E-state index in [1.165, 1.54) is 23.3 Å². The summed E-state index contributed by atoms with van der Waals surface area (Å²) in [5, 5.41) is 35.5. The summed E-state index contributed by atoms with van der Waals surface area (Å²) in [6.45, 7) is 2.10. The molecule has 4 rings (SSSR count). The van der Waals surface area contributed by atoms with Gasteiger partial charge in [-0.1, -0.05) is 0 Å². The maximum atomic E-state index is 12.2. The van der Waals surface area contributed by atoms with Crippen LogP contribution in [0.1, 0.15) is 18.7 Å². The Hall–Kier alpha value is -3.66. The molecule has 3 aromatic rings. The number of pyridine rings is 1. The zero-order valence-electron chi connectivity index (χ0n) is 16.7. The zero-order valence-corrected chi connectivity index (χ0v) is 16.7. The number of hydrogen-bond donors (Lipinski definition) is 4. The normalized spacial score (nSPS) is 22.9. The highest BCUT2D eigenvalue weighted by Gasteiger charge is 2.47. The quantitative estimate of drug-likeness (QED) is 0.421. The third kappa shape index (κ3) is 3.55. The van der Waals surface area contributed by atoms with E-state index < -0.39 is 30.4 Å². The summed E-state index contributed by atoms with van der Waals surface area (Å²) in [6.07, 6.45) is -0.785. The highest BCUT2D eigenvalue weighted by molar-refractivity contribution is 5.85. The molecule has 1 aliphatic rings. The number of amides is 1. The summed E-state index contributed by atoms with van der Waals surface area (Å²) >= 11 is 0. The predicted octanol–water partition coefficient (Wildman–Crippen LogP) is -0.443. The van der Waals surface area contributed by atoms with Gasteiger partial charge in [-0.15, -0.1) is 0 Å². The van der Waals surface area contributed by atoms with Crippen LogP contribution in [0.4, 0.5) is 5.82 Å². The summed E-state index contributed by atoms with van der Waals surface area (Å²) in [5.41, 5.74) is 1.58. The molecule has 1 aliphatic heterocycles. The van der Waals surface area contributed by atoms with Crippen LogP contribution in [0, 0.1) is 11.3 Å². The number of rotatable bonds is 5. The molecule has 1 amide bonds. The molecule has 12 heteroatoms. The number of aliphatic hydroxyl groups excluding tert-OH is 2. The van der Waals surface area contributed by atoms with Crippen LogP contribution in [-0.2, 0) is 9.53 Å². The van der Waals surface area contributed by atoms with Crippen molar-refractivity contribution in [3.8, 4) is 17.5 Å². The van der Waals surface area contributed by atoms with Crippen molar-refractivity contribution >= 4 is 22.9 Å². The van der Waals surface area contributed by atoms with E-state index >= 15 is 0 Å². The van der Waals surface area contributed by atoms with Gasteiger partial charge in [0.1, 0.15) is 18.3 Å². The minimum absolute atomic E-state index is 0.275. The van der Waals surface area contributed by atoms with Gasteiger partial charge < -0.3 is 25.6 Å². The molecule has 0 radical (unpaired) electrons. The van der Waals surface area contributed by atoms with E-state index in [1.807, 2.05) is 6.07 Å². The third-order valence-corrected chi connectivity index (χ3v) is 4.91. The number of ether oxygens (including phenoxy) is 1. The van der Waals surface area contributed by atoms with Gasteiger partial charge in [0.25, 0.3) is 5.91 Å². The Morgan fingerprint density at radius 2 is 2.13 bits per heavy atom. The van der Waals surface area contributed by atoms with E-state index in [9.17, 15) is 15.0 Å². The van der Waals surface area contributed by atoms with Crippen LogP contribution in [0.3, 0.4) is 0 Å². The molecule has 0 aliphatic carbocycles. The van der Waals surface area contributed by atoms with Crippen LogP contribution in [-0.4, -0.2) is 72.5 Å². The van der Waals surface area contributed by atoms with Crippen molar-refractivity contribution in [2.75, 3.05) is 18.9 Å². The van der Waals surface area contributed by atoms with Gasteiger partial charge in [0.05, 0.1) is 11.9 Å². The molecule has 0 saturated carbocycles. The number of nitrogens with zero attached hydrogens (tertiary/aromatic N) is 6. The molecule has 1 fully saturated rings. The van der Waals surface area contributed by atoms with Crippen molar-refractivity contribution in [2.45, 2.75) is 31.5 Å². The Balaban J connectivity index is 1.79. The molecule has 4 atom stereocenters. The number of fused-ring (bicyclic) bond motifs is 1. The lowest BCUT2D eigenvalue weighted by Gasteiger charge is -2.17. The van der Waals surface area contributed by atoms with E-state index in [1.54, 1.807) is 20.0 Å². The average molecular weight is 424 g/mol. The van der Waals surface area contributed by atoms with Gasteiger partial charge in [-0.25, -0.2) is 15.0 Å². The van der Waals surface area contributed by atoms with Crippen molar-refractivity contribution in [1.29, 1.82) is 5.26 Å². The minimum Gasteiger partial charge on any atom is -0.387 e. The van der Waals surface area contributed by atoms with E-state index in [0.29, 0.717) is 34.7 Å². The topological polar surface area (TPSA) is 171 Å². The first-order valence-electron chi connectivity index (χ1n) is 9.55. The SMILES string of the molecule is CCNC(=O)[C@H]1O[C@@H](n2cnc3c(NC)nc(-c4cncc(C#N)c4)nc32)[C@H](O)[C@@H]1O. The zero-order chi connectivity index (χ0) is 22.1. The number of anilines is 1. The van der Waals surface area contributed by atoms with Gasteiger partial charge in [0, 0.05) is 31.5 Å². The number of nitriles is 1. The van der Waals surface area contributed by atoms with Crippen LogP contribution < -0.4 is 10.6 Å². The first-order chi connectivity index (χ1) is 15.0. The first-order valence-corrected chi connectivity index (χ1v) is 9.55. The number of imidazole rings is 1. The first kappa shape index (κ1) is 20.6. The number of carbonyl (C=O) groups excluding carboxylic acids is 1. The Bertz CT molecular complexity index is 1170. The van der Waals surface area contributed by atoms with Crippen molar-refractivity contribution in [3.63, 3.8) is 0 Å². The van der Waals surface area contributed by atoms with Gasteiger partial charge in [-0.05, 0) is 13.0 Å². The Kier molecular flexibility index (Phi) is 5.47. The number of carbonyl (C=O) groups is 1. The van der Waals surface area contributed by atoms with E-state index in [-0.39, 0.29) is 5.82 Å². The average Bonchev–Trinajstić information content (AvgIpc) is 3.34. The van der Waals surface area contributed by atoms with E-state index in [4.69, 9.17) is 10.00 Å². The second kappa shape index (κ2) is 8.23. The maximum absolute atomic E-state index is 12.2. The molecule has 160 valence electrons. The van der Waals surface area contributed by atoms with Crippen LogP contribution in [0.2, 0.25) is 0 Å². The van der Waals surface area contributed by atoms with Gasteiger partial charge in [-0.2, -0.15) is 5.26 Å². The molecule has 0 bridgehead atoms. The van der Waals surface area contributed by atoms with Crippen LogP contribution >= 0.6 is 0 Å². The van der Waals surface area contributed by atoms with Gasteiger partial charge in [0.15, 0.2) is 35.1 Å². The molecule has 0 spiro atoms. The number of nitrogens with one attached hydrogen (secondary N) is 2. The number of likely N-dealkylation sites (N-methyl/N-ethyl adjacent to an activating group) is 1. The molecule has 0 aromatic carbocycles. The maximum Gasteiger partial charge on any atom is 0.252 e. The van der Waals surface area contributed by atoms with Crippen molar-refractivity contribution in [3.05, 3.63) is 30.4 Å². The fraction of sp³-hybridized carbons (Fsp3) is 0.368. The van der Waals surface area contributed by atoms with Crippen molar-refractivity contribution < 1.29 is 19.7 Å². The molecular formula is C19H20N8O4. The highest BCUT2D eigenvalue weighted by atomic mass is 16.6. The van der Waals surface area contributed by atoms with E-state index in [0.717, 1.165) is 0 Å². The fourth-order valence-corrected chi connectivity index (χ4v) is 3.41. The number of aromatic nitrogens is 5. The number of aliphatic hydroxyl groups is 2. The lowest BCUT2D eigenvalue weighted by atomic mass is 10.1. The molecule has 12 nitrogen and oxygen atoms in total. The Labute approximate surface area is 176 Å². The van der Waals surface area contributed by atoms with E-state index in [2.05, 4.69) is 30.6 Å². The smallest absolute Gasteiger partial charge is 0.252 e. The van der Waals surface area contributed by atoms with Gasteiger partial charge >= 0.3 is 0 Å². The molecule has 4 N–H and O–H groups in total. The summed E-state index contributed by atoms with van der Waals surface area (Å²) in [5.74, 6) is 0.164. The minimum atomic E-state index is -1.42. The summed E-state index contributed by atoms with van der Waals surface area (Å²) in [7, 11) is 1.67. The highest BCUT2D eigenvalue weighted by Crippen LogP contribution is 2.33. The molecule has 31 heavy (non-hydrogen) atoms. The van der Waals surface area contributed by atoms with Gasteiger partial charge in [0.2, 0.25) is 0 Å². The lowest BCUT2D eigenvalue weighted by molar-refractivity contribution is -0.137. The second-order valence-electron chi connectivity index (χ2n) is 6.87. The molecule has 0 unspecified atom stereocenters. The predicted molar refractivity (Wildman–Crippen MR) is 107 cm³/mol. The standard InChI is InChI=1S/C19H20N8O4/c1-3-23-18(30)14-12(28)13(29)19(31-14)27-8-24-11-16(21-2)25-15(26-17(11)27)10-4-9(5-20)6-22-7-10/h4,6-8,12-14,19,28-29H,3H2,1-2H3,(H,23,30)(H,21,25,26)/t12-,13+,14-,19+/m0/s1. The monoisotopic (exact) mass is 424 g/mol. The summed E-state index contributed by atoms with van der Waals surface area (Å²) < 4.78 is 7.12. The lowest BCUT2D eigenvalue weighted by Crippen LogP contribution is -2.42. The molecule has 1 saturated heterocycles. The largest absolute Gasteiger partial charge is 0.387 e. The third-order valence-electron chi connectivity index (χ3n) is 4.91. The second-order valence-corrected chi connectivity index (χ2v) is 6.87. The Morgan fingerprint density at radius 3 is 2.84 bits per heavy atom. The van der Waals surface area contributed by atoms with Crippen LogP contribution in [0.15, 0.2) is 24.8 Å². The van der Waals surface area contributed by atoms with Crippen molar-refractivity contribution in [2.24, 2.45) is 0 Å². The molecule has 3 aromatic heterocycles. The number of hydrogen-bond acceptors (Lipinski definition) is 10. The Morgan fingerprint density at radius 1 is 1.32 bits per heavy atom. The van der Waals surface area contributed by atoms with Crippen LogP contribution in [0.5, 0.6) is 0 Å². The van der Waals surface area contributed by atoms with Crippen molar-refractivity contribution in [1.82, 2.24) is 29.8 Å². The summed E-state index contributed by atoms with van der Waals surface area (Å²) in [4.78, 5) is 29.5. The van der Waals surface area contributed by atoms with Crippen LogP contribution in [0.25, 0.3) is 22.6 Å². The fourth-order valence-electron chi connectivity index (χ4n) is 3.41. The summed E-state index contributed by atoms with van der Waals surface area (Å²) in [6, 6.07) is 3.62. The van der Waals surface area contributed by atoms with Gasteiger partial charge in [-0.3, -0.25) is 14.3 Å².